The van der Waals surface area contributed by atoms with Crippen molar-refractivity contribution in [2.75, 3.05) is 25.1 Å². The zero-order chi connectivity index (χ0) is 13.6. The highest BCUT2D eigenvalue weighted by atomic mass is 32.2. The second-order valence-corrected chi connectivity index (χ2v) is 8.54. The molecule has 1 aliphatic rings. The molecule has 0 spiro atoms. The normalized spacial score (nSPS) is 18.2. The minimum absolute atomic E-state index is 0.201. The molecule has 1 rings (SSSR count). The quantitative estimate of drug-likeness (QED) is 0.601. The van der Waals surface area contributed by atoms with Crippen molar-refractivity contribution in [1.82, 2.24) is 10.0 Å². The van der Waals surface area contributed by atoms with Crippen molar-refractivity contribution in [1.29, 1.82) is 0 Å². The average Bonchev–Trinajstić information content (AvgIpc) is 3.06. The van der Waals surface area contributed by atoms with Crippen LogP contribution in [0.2, 0.25) is 0 Å². The summed E-state index contributed by atoms with van der Waals surface area (Å²) in [5.74, 6) is 0.247. The van der Waals surface area contributed by atoms with Crippen molar-refractivity contribution in [3.05, 3.63) is 0 Å². The first-order chi connectivity index (χ1) is 8.39. The van der Waals surface area contributed by atoms with E-state index in [1.807, 2.05) is 0 Å². The molecule has 18 heavy (non-hydrogen) atoms. The minimum Gasteiger partial charge on any atom is -0.315 e. The van der Waals surface area contributed by atoms with Gasteiger partial charge in [0, 0.05) is 17.3 Å². The van der Waals surface area contributed by atoms with Crippen LogP contribution in [-0.4, -0.2) is 44.3 Å². The number of sulfonamides is 1. The molecule has 2 N–H and O–H groups in total. The Morgan fingerprint density at radius 2 is 1.94 bits per heavy atom. The lowest BCUT2D eigenvalue weighted by Crippen LogP contribution is -2.33. The lowest BCUT2D eigenvalue weighted by molar-refractivity contribution is 0.555. The lowest BCUT2D eigenvalue weighted by atomic mass is 10.3. The fourth-order valence-electron chi connectivity index (χ4n) is 1.71. The van der Waals surface area contributed by atoms with E-state index in [0.29, 0.717) is 12.6 Å². The van der Waals surface area contributed by atoms with Crippen LogP contribution in [0.1, 0.15) is 39.5 Å². The Bertz CT molecular complexity index is 338. The maximum atomic E-state index is 11.8. The number of hydrogen-bond donors (Lipinski definition) is 2. The van der Waals surface area contributed by atoms with E-state index in [1.54, 1.807) is 11.8 Å². The third-order valence-corrected chi connectivity index (χ3v) is 6.08. The highest BCUT2D eigenvalue weighted by Gasteiger charge is 2.42. The number of rotatable bonds is 10. The van der Waals surface area contributed by atoms with Gasteiger partial charge in [0.15, 0.2) is 0 Å². The molecular formula is C12H26N2O2S2. The number of nitrogens with one attached hydrogen (secondary N) is 2. The van der Waals surface area contributed by atoms with Crippen LogP contribution in [0, 0.1) is 0 Å². The molecule has 0 atom stereocenters. The van der Waals surface area contributed by atoms with E-state index in [1.165, 1.54) is 0 Å². The van der Waals surface area contributed by atoms with E-state index in [2.05, 4.69) is 30.1 Å². The summed E-state index contributed by atoms with van der Waals surface area (Å²) in [6, 6.07) is 0.469. The van der Waals surface area contributed by atoms with E-state index in [4.69, 9.17) is 0 Å². The number of unbranched alkanes of at least 4 members (excludes halogenated alkanes) is 1. The molecule has 1 aliphatic carbocycles. The van der Waals surface area contributed by atoms with Crippen molar-refractivity contribution in [2.45, 2.75) is 50.3 Å². The Morgan fingerprint density at radius 1 is 1.28 bits per heavy atom. The fraction of sp³-hybridized carbons (Fsp3) is 1.00. The Balaban J connectivity index is 2.12. The summed E-state index contributed by atoms with van der Waals surface area (Å²) in [6.07, 6.45) is 5.96. The SMILES string of the molecule is CSC1(CNS(=O)(=O)CCCCNC(C)C)CC1. The summed E-state index contributed by atoms with van der Waals surface area (Å²) < 4.78 is 26.5. The van der Waals surface area contributed by atoms with Gasteiger partial charge in [0.2, 0.25) is 10.0 Å². The van der Waals surface area contributed by atoms with Gasteiger partial charge < -0.3 is 5.32 Å². The Morgan fingerprint density at radius 3 is 2.44 bits per heavy atom. The third kappa shape index (κ3) is 6.41. The van der Waals surface area contributed by atoms with Crippen molar-refractivity contribution >= 4 is 21.8 Å². The van der Waals surface area contributed by atoms with Gasteiger partial charge in [-0.2, -0.15) is 11.8 Å². The molecule has 0 aromatic heterocycles. The van der Waals surface area contributed by atoms with Crippen molar-refractivity contribution < 1.29 is 8.42 Å². The molecule has 0 unspecified atom stereocenters. The van der Waals surface area contributed by atoms with Crippen LogP contribution >= 0.6 is 11.8 Å². The molecule has 0 heterocycles. The molecule has 0 aromatic carbocycles. The summed E-state index contributed by atoms with van der Waals surface area (Å²) in [7, 11) is -3.08. The van der Waals surface area contributed by atoms with E-state index in [9.17, 15) is 8.42 Å². The predicted molar refractivity (Wildman–Crippen MR) is 79.6 cm³/mol. The van der Waals surface area contributed by atoms with Gasteiger partial charge in [-0.15, -0.1) is 0 Å². The molecule has 6 heteroatoms. The van der Waals surface area contributed by atoms with Crippen molar-refractivity contribution in [2.24, 2.45) is 0 Å². The topological polar surface area (TPSA) is 58.2 Å². The van der Waals surface area contributed by atoms with Crippen LogP contribution in [0.5, 0.6) is 0 Å². The molecule has 0 aromatic rings. The average molecular weight is 294 g/mol. The van der Waals surface area contributed by atoms with Gasteiger partial charge in [-0.3, -0.25) is 0 Å². The lowest BCUT2D eigenvalue weighted by Gasteiger charge is -2.13. The van der Waals surface area contributed by atoms with Crippen LogP contribution in [0.25, 0.3) is 0 Å². The zero-order valence-electron chi connectivity index (χ0n) is 11.7. The fourth-order valence-corrected chi connectivity index (χ4v) is 3.76. The van der Waals surface area contributed by atoms with E-state index >= 15 is 0 Å². The maximum absolute atomic E-state index is 11.8. The van der Waals surface area contributed by atoms with Gasteiger partial charge in [0.05, 0.1) is 5.75 Å². The molecule has 0 aliphatic heterocycles. The molecule has 1 fully saturated rings. The van der Waals surface area contributed by atoms with Crippen LogP contribution in [0.15, 0.2) is 0 Å². The van der Waals surface area contributed by atoms with Gasteiger partial charge in [0.25, 0.3) is 0 Å². The molecule has 0 bridgehead atoms. The predicted octanol–water partition coefficient (Wildman–Crippen LogP) is 1.58. The van der Waals surface area contributed by atoms with E-state index in [0.717, 1.165) is 32.2 Å². The first kappa shape index (κ1) is 16.3. The summed E-state index contributed by atoms with van der Waals surface area (Å²) in [5.41, 5.74) is 0. The van der Waals surface area contributed by atoms with Gasteiger partial charge >= 0.3 is 0 Å². The number of hydrogen-bond acceptors (Lipinski definition) is 4. The zero-order valence-corrected chi connectivity index (χ0v) is 13.3. The Hall–Kier alpha value is 0.220. The van der Waals surface area contributed by atoms with Gasteiger partial charge in [0.1, 0.15) is 0 Å². The summed E-state index contributed by atoms with van der Waals surface area (Å²) in [5, 5.41) is 3.29. The molecule has 4 nitrogen and oxygen atoms in total. The highest BCUT2D eigenvalue weighted by Crippen LogP contribution is 2.46. The Kier molecular flexibility index (Phi) is 6.44. The van der Waals surface area contributed by atoms with Crippen molar-refractivity contribution in [3.63, 3.8) is 0 Å². The van der Waals surface area contributed by atoms with Gasteiger partial charge in [-0.1, -0.05) is 13.8 Å². The van der Waals surface area contributed by atoms with E-state index in [-0.39, 0.29) is 10.5 Å². The van der Waals surface area contributed by atoms with Crippen LogP contribution in [0.4, 0.5) is 0 Å². The smallest absolute Gasteiger partial charge is 0.211 e. The molecule has 1 saturated carbocycles. The van der Waals surface area contributed by atoms with E-state index < -0.39 is 10.0 Å². The molecule has 0 saturated heterocycles. The van der Waals surface area contributed by atoms with Crippen molar-refractivity contribution in [3.8, 4) is 0 Å². The Labute approximate surface area is 116 Å². The van der Waals surface area contributed by atoms with Crippen LogP contribution in [-0.2, 0) is 10.0 Å². The van der Waals surface area contributed by atoms with Gasteiger partial charge in [-0.05, 0) is 38.5 Å². The van der Waals surface area contributed by atoms with Crippen LogP contribution in [0.3, 0.4) is 0 Å². The largest absolute Gasteiger partial charge is 0.315 e. The maximum Gasteiger partial charge on any atom is 0.211 e. The van der Waals surface area contributed by atoms with Gasteiger partial charge in [-0.25, -0.2) is 13.1 Å². The summed E-state index contributed by atoms with van der Waals surface area (Å²) in [6.45, 7) is 5.67. The first-order valence-electron chi connectivity index (χ1n) is 6.65. The standard InChI is InChI=1S/C12H26N2O2S2/c1-11(2)13-8-4-5-9-18(15,16)14-10-12(17-3)6-7-12/h11,13-14H,4-10H2,1-3H3. The molecule has 0 radical (unpaired) electrons. The summed E-state index contributed by atoms with van der Waals surface area (Å²) in [4.78, 5) is 0. The highest BCUT2D eigenvalue weighted by molar-refractivity contribution is 8.00. The summed E-state index contributed by atoms with van der Waals surface area (Å²) >= 11 is 1.78. The third-order valence-electron chi connectivity index (χ3n) is 3.25. The molecule has 108 valence electrons. The second kappa shape index (κ2) is 7.12. The number of thioether (sulfide) groups is 1. The van der Waals surface area contributed by atoms with Crippen LogP contribution < -0.4 is 10.0 Å². The molecule has 0 amide bonds. The molecular weight excluding hydrogens is 268 g/mol. The monoisotopic (exact) mass is 294 g/mol. The minimum atomic E-state index is -3.08. The first-order valence-corrected chi connectivity index (χ1v) is 9.53. The second-order valence-electron chi connectivity index (χ2n) is 5.34.